The molecule has 0 aliphatic carbocycles. The van der Waals surface area contributed by atoms with Crippen molar-refractivity contribution in [3.05, 3.63) is 96.1 Å². The standard InChI is InChI=1S/C24H16N2O5S/c25-15-20-21(16-7-3-1-4-8-16)22(17-9-5-2-6-10-17)31-23(20)26-32(29,30)19-13-11-18(12-14-19)24(27)28/h1-14,26H,(H,27,28). The third kappa shape index (κ3) is 3.97. The molecule has 1 aromatic heterocycles. The average Bonchev–Trinajstić information content (AvgIpc) is 3.17. The van der Waals surface area contributed by atoms with Gasteiger partial charge < -0.3 is 9.52 Å². The number of carboxylic acids is 1. The number of carboxylic acid groups (broad SMARTS) is 1. The zero-order valence-electron chi connectivity index (χ0n) is 16.5. The van der Waals surface area contributed by atoms with Gasteiger partial charge in [0.05, 0.1) is 10.5 Å². The maximum atomic E-state index is 12.9. The molecule has 158 valence electrons. The zero-order chi connectivity index (χ0) is 22.7. The summed E-state index contributed by atoms with van der Waals surface area (Å²) in [5, 5.41) is 18.9. The first-order valence-corrected chi connectivity index (χ1v) is 10.9. The molecule has 1 heterocycles. The molecule has 0 unspecified atom stereocenters. The fourth-order valence-electron chi connectivity index (χ4n) is 3.24. The van der Waals surface area contributed by atoms with Crippen molar-refractivity contribution in [3.8, 4) is 28.5 Å². The summed E-state index contributed by atoms with van der Waals surface area (Å²) in [6.07, 6.45) is 0. The normalized spacial score (nSPS) is 11.0. The third-order valence-corrected chi connectivity index (χ3v) is 6.10. The minimum Gasteiger partial charge on any atom is -0.478 e. The second kappa shape index (κ2) is 8.41. The molecule has 3 aromatic carbocycles. The second-order valence-corrected chi connectivity index (χ2v) is 8.47. The van der Waals surface area contributed by atoms with Crippen LogP contribution >= 0.6 is 0 Å². The molecule has 0 spiro atoms. The molecular formula is C24H16N2O5S. The smallest absolute Gasteiger partial charge is 0.335 e. The number of sulfonamides is 1. The highest BCUT2D eigenvalue weighted by Crippen LogP contribution is 2.41. The van der Waals surface area contributed by atoms with Gasteiger partial charge in [-0.1, -0.05) is 60.7 Å². The van der Waals surface area contributed by atoms with Crippen LogP contribution in [0.5, 0.6) is 0 Å². The predicted molar refractivity (Wildman–Crippen MR) is 119 cm³/mol. The Kier molecular flexibility index (Phi) is 5.50. The van der Waals surface area contributed by atoms with Gasteiger partial charge in [-0.3, -0.25) is 0 Å². The number of hydrogen-bond acceptors (Lipinski definition) is 5. The number of hydrogen-bond donors (Lipinski definition) is 2. The SMILES string of the molecule is N#Cc1c(NS(=O)(=O)c2ccc(C(=O)O)cc2)oc(-c2ccccc2)c1-c1ccccc1. The van der Waals surface area contributed by atoms with Crippen LogP contribution in [0.2, 0.25) is 0 Å². The number of carbonyl (C=O) groups is 1. The lowest BCUT2D eigenvalue weighted by atomic mass is 9.98. The minimum absolute atomic E-state index is 0.0424. The van der Waals surface area contributed by atoms with E-state index in [2.05, 4.69) is 10.8 Å². The van der Waals surface area contributed by atoms with Crippen LogP contribution in [-0.4, -0.2) is 19.5 Å². The Hall–Kier alpha value is -4.35. The molecule has 0 saturated carbocycles. The second-order valence-electron chi connectivity index (χ2n) is 6.79. The number of aromatic carboxylic acids is 1. The Morgan fingerprint density at radius 3 is 1.97 bits per heavy atom. The molecule has 0 fully saturated rings. The van der Waals surface area contributed by atoms with Crippen LogP contribution in [0.25, 0.3) is 22.5 Å². The first kappa shape index (κ1) is 20.9. The van der Waals surface area contributed by atoms with E-state index in [1.807, 2.05) is 36.4 Å². The summed E-state index contributed by atoms with van der Waals surface area (Å²) in [4.78, 5) is 10.9. The lowest BCUT2D eigenvalue weighted by molar-refractivity contribution is 0.0696. The molecule has 4 aromatic rings. The van der Waals surface area contributed by atoms with Gasteiger partial charge in [0.2, 0.25) is 5.88 Å². The van der Waals surface area contributed by atoms with E-state index in [-0.39, 0.29) is 21.9 Å². The number of nitrogens with zero attached hydrogens (tertiary/aromatic N) is 1. The number of furan rings is 1. The van der Waals surface area contributed by atoms with E-state index < -0.39 is 16.0 Å². The predicted octanol–water partition coefficient (Wildman–Crippen LogP) is 4.98. The van der Waals surface area contributed by atoms with E-state index in [4.69, 9.17) is 9.52 Å². The molecule has 0 aliphatic rings. The van der Waals surface area contributed by atoms with Gasteiger partial charge in [-0.05, 0) is 29.8 Å². The Morgan fingerprint density at radius 2 is 1.44 bits per heavy atom. The van der Waals surface area contributed by atoms with E-state index in [9.17, 15) is 18.5 Å². The molecule has 0 saturated heterocycles. The highest BCUT2D eigenvalue weighted by atomic mass is 32.2. The molecule has 0 amide bonds. The van der Waals surface area contributed by atoms with Crippen molar-refractivity contribution in [1.29, 1.82) is 5.26 Å². The summed E-state index contributed by atoms with van der Waals surface area (Å²) in [7, 11) is -4.14. The summed E-state index contributed by atoms with van der Waals surface area (Å²) in [5.41, 5.74) is 1.85. The van der Waals surface area contributed by atoms with Gasteiger partial charge >= 0.3 is 5.97 Å². The van der Waals surface area contributed by atoms with Crippen LogP contribution in [0.3, 0.4) is 0 Å². The van der Waals surface area contributed by atoms with Crippen molar-refractivity contribution in [2.75, 3.05) is 4.72 Å². The average molecular weight is 444 g/mol. The molecule has 0 radical (unpaired) electrons. The zero-order valence-corrected chi connectivity index (χ0v) is 17.3. The first-order chi connectivity index (χ1) is 15.4. The van der Waals surface area contributed by atoms with Crippen molar-refractivity contribution >= 4 is 21.9 Å². The summed E-state index contributed by atoms with van der Waals surface area (Å²) in [6, 6.07) is 24.9. The van der Waals surface area contributed by atoms with Crippen molar-refractivity contribution in [3.63, 3.8) is 0 Å². The topological polar surface area (TPSA) is 120 Å². The molecule has 0 bridgehead atoms. The van der Waals surface area contributed by atoms with E-state index in [1.54, 1.807) is 24.3 Å². The molecule has 4 rings (SSSR count). The van der Waals surface area contributed by atoms with Crippen LogP contribution in [0.1, 0.15) is 15.9 Å². The molecule has 0 aliphatic heterocycles. The number of nitriles is 1. The summed E-state index contributed by atoms with van der Waals surface area (Å²) < 4.78 is 34.1. The number of anilines is 1. The third-order valence-electron chi connectivity index (χ3n) is 4.76. The van der Waals surface area contributed by atoms with E-state index in [1.165, 1.54) is 24.3 Å². The minimum atomic E-state index is -4.14. The van der Waals surface area contributed by atoms with Gasteiger partial charge in [0.15, 0.2) is 0 Å². The summed E-state index contributed by atoms with van der Waals surface area (Å²) in [6.45, 7) is 0. The first-order valence-electron chi connectivity index (χ1n) is 9.44. The molecule has 0 atom stereocenters. The highest BCUT2D eigenvalue weighted by Gasteiger charge is 2.26. The van der Waals surface area contributed by atoms with Crippen molar-refractivity contribution < 1.29 is 22.7 Å². The van der Waals surface area contributed by atoms with Crippen LogP contribution in [0.15, 0.2) is 94.2 Å². The summed E-state index contributed by atoms with van der Waals surface area (Å²) in [5.74, 6) is -1.03. The van der Waals surface area contributed by atoms with Crippen LogP contribution in [-0.2, 0) is 10.0 Å². The molecule has 8 heteroatoms. The van der Waals surface area contributed by atoms with Gasteiger partial charge in [-0.15, -0.1) is 0 Å². The Bertz CT molecular complexity index is 1420. The summed E-state index contributed by atoms with van der Waals surface area (Å²) >= 11 is 0. The number of benzene rings is 3. The maximum absolute atomic E-state index is 12.9. The van der Waals surface area contributed by atoms with E-state index in [0.717, 1.165) is 0 Å². The van der Waals surface area contributed by atoms with Gasteiger partial charge in [-0.2, -0.15) is 5.26 Å². The van der Waals surface area contributed by atoms with E-state index >= 15 is 0 Å². The van der Waals surface area contributed by atoms with Crippen LogP contribution in [0.4, 0.5) is 5.88 Å². The van der Waals surface area contributed by atoms with Gasteiger partial charge in [0, 0.05) is 11.1 Å². The molecule has 32 heavy (non-hydrogen) atoms. The van der Waals surface area contributed by atoms with E-state index in [0.29, 0.717) is 22.5 Å². The molecule has 7 nitrogen and oxygen atoms in total. The van der Waals surface area contributed by atoms with Gasteiger partial charge in [-0.25, -0.2) is 17.9 Å². The molecular weight excluding hydrogens is 428 g/mol. The lowest BCUT2D eigenvalue weighted by Gasteiger charge is -2.06. The van der Waals surface area contributed by atoms with Crippen LogP contribution < -0.4 is 4.72 Å². The fourth-order valence-corrected chi connectivity index (χ4v) is 4.24. The lowest BCUT2D eigenvalue weighted by Crippen LogP contribution is -2.13. The van der Waals surface area contributed by atoms with Gasteiger partial charge in [0.25, 0.3) is 10.0 Å². The Labute approximate surface area is 184 Å². The number of nitrogens with one attached hydrogen (secondary N) is 1. The van der Waals surface area contributed by atoms with Crippen molar-refractivity contribution in [2.24, 2.45) is 0 Å². The Morgan fingerprint density at radius 1 is 0.875 bits per heavy atom. The van der Waals surface area contributed by atoms with Gasteiger partial charge in [0.1, 0.15) is 17.4 Å². The monoisotopic (exact) mass is 444 g/mol. The van der Waals surface area contributed by atoms with Crippen LogP contribution in [0, 0.1) is 11.3 Å². The fraction of sp³-hybridized carbons (Fsp3) is 0. The number of rotatable bonds is 6. The highest BCUT2D eigenvalue weighted by molar-refractivity contribution is 7.92. The maximum Gasteiger partial charge on any atom is 0.335 e. The van der Waals surface area contributed by atoms with Crippen molar-refractivity contribution in [2.45, 2.75) is 4.90 Å². The molecule has 2 N–H and O–H groups in total. The Balaban J connectivity index is 1.84. The van der Waals surface area contributed by atoms with Crippen molar-refractivity contribution in [1.82, 2.24) is 0 Å². The quantitative estimate of drug-likeness (QED) is 0.432. The largest absolute Gasteiger partial charge is 0.478 e.